The minimum Gasteiger partial charge on any atom is -0.464 e. The van der Waals surface area contributed by atoms with Gasteiger partial charge in [0, 0.05) is 24.2 Å². The number of hydrogen-bond acceptors (Lipinski definition) is 4. The van der Waals surface area contributed by atoms with E-state index in [9.17, 15) is 9.59 Å². The van der Waals surface area contributed by atoms with Crippen LogP contribution in [0.15, 0.2) is 64.0 Å². The van der Waals surface area contributed by atoms with Gasteiger partial charge < -0.3 is 4.42 Å². The smallest absolute Gasteiger partial charge is 0.274 e. The van der Waals surface area contributed by atoms with Crippen molar-refractivity contribution in [1.29, 1.82) is 0 Å². The number of furan rings is 1. The summed E-state index contributed by atoms with van der Waals surface area (Å²) in [6.45, 7) is 0. The number of benzene rings is 2. The number of ketones is 1. The minimum absolute atomic E-state index is 0.0548. The van der Waals surface area contributed by atoms with Crippen LogP contribution in [0, 0.1) is 0 Å². The molecule has 0 bridgehead atoms. The van der Waals surface area contributed by atoms with E-state index in [0.29, 0.717) is 17.5 Å². The molecule has 2 heterocycles. The molecule has 0 saturated heterocycles. The van der Waals surface area contributed by atoms with Crippen molar-refractivity contribution >= 4 is 27.5 Å². The van der Waals surface area contributed by atoms with Gasteiger partial charge in [-0.2, -0.15) is 5.10 Å². The highest BCUT2D eigenvalue weighted by Crippen LogP contribution is 2.18. The van der Waals surface area contributed by atoms with Crippen molar-refractivity contribution in [2.75, 3.05) is 0 Å². The Labute approximate surface area is 143 Å². The molecule has 0 radical (unpaired) electrons. The molecule has 25 heavy (non-hydrogen) atoms. The third-order valence-corrected chi connectivity index (χ3v) is 4.32. The Hall–Kier alpha value is -3.21. The predicted octanol–water partition coefficient (Wildman–Crippen LogP) is 3.03. The van der Waals surface area contributed by atoms with Gasteiger partial charge in [-0.15, -0.1) is 0 Å². The zero-order valence-electron chi connectivity index (χ0n) is 13.7. The second-order valence-corrected chi connectivity index (χ2v) is 6.11. The van der Waals surface area contributed by atoms with Crippen LogP contribution in [0.25, 0.3) is 21.7 Å². The van der Waals surface area contributed by atoms with Gasteiger partial charge in [-0.1, -0.05) is 24.3 Å². The fraction of sp³-hybridized carbons (Fsp3) is 0.150. The second-order valence-electron chi connectivity index (χ2n) is 6.11. The summed E-state index contributed by atoms with van der Waals surface area (Å²) in [7, 11) is 1.61. The van der Waals surface area contributed by atoms with Crippen LogP contribution < -0.4 is 5.56 Å². The van der Waals surface area contributed by atoms with E-state index in [4.69, 9.17) is 4.42 Å². The molecule has 0 N–H and O–H groups in total. The lowest BCUT2D eigenvalue weighted by molar-refractivity contribution is -0.117. The molecule has 5 heteroatoms. The Morgan fingerprint density at radius 1 is 1.08 bits per heavy atom. The molecule has 0 atom stereocenters. The average molecular weight is 332 g/mol. The molecule has 0 spiro atoms. The first kappa shape index (κ1) is 15.3. The van der Waals surface area contributed by atoms with Crippen LogP contribution in [0.3, 0.4) is 0 Å². The molecule has 0 saturated carbocycles. The van der Waals surface area contributed by atoms with Crippen LogP contribution >= 0.6 is 0 Å². The molecule has 4 rings (SSSR count). The van der Waals surface area contributed by atoms with Crippen LogP contribution in [0.4, 0.5) is 0 Å². The molecule has 0 amide bonds. The van der Waals surface area contributed by atoms with Crippen molar-refractivity contribution in [3.05, 3.63) is 76.4 Å². The van der Waals surface area contributed by atoms with Crippen molar-refractivity contribution in [3.63, 3.8) is 0 Å². The van der Waals surface area contributed by atoms with Gasteiger partial charge >= 0.3 is 0 Å². The highest BCUT2D eigenvalue weighted by molar-refractivity contribution is 5.90. The largest absolute Gasteiger partial charge is 0.464 e. The Morgan fingerprint density at radius 3 is 2.72 bits per heavy atom. The number of rotatable bonds is 4. The number of hydrogen-bond donors (Lipinski definition) is 0. The van der Waals surface area contributed by atoms with E-state index in [1.807, 2.05) is 42.5 Å². The number of nitrogens with zero attached hydrogens (tertiary/aromatic N) is 2. The lowest BCUT2D eigenvalue weighted by atomic mass is 10.0. The Kier molecular flexibility index (Phi) is 3.69. The van der Waals surface area contributed by atoms with Crippen LogP contribution in [0.5, 0.6) is 0 Å². The maximum atomic E-state index is 12.5. The summed E-state index contributed by atoms with van der Waals surface area (Å²) < 4.78 is 6.61. The molecule has 0 aliphatic heterocycles. The van der Waals surface area contributed by atoms with Gasteiger partial charge in [-0.3, -0.25) is 9.59 Å². The zero-order chi connectivity index (χ0) is 17.4. The van der Waals surface area contributed by atoms with E-state index in [-0.39, 0.29) is 17.8 Å². The number of fused-ring (bicyclic) bond motifs is 2. The monoisotopic (exact) mass is 332 g/mol. The van der Waals surface area contributed by atoms with Crippen molar-refractivity contribution in [1.82, 2.24) is 9.78 Å². The molecule has 124 valence electrons. The van der Waals surface area contributed by atoms with E-state index >= 15 is 0 Å². The van der Waals surface area contributed by atoms with E-state index in [1.165, 1.54) is 4.68 Å². The van der Waals surface area contributed by atoms with Crippen LogP contribution in [-0.4, -0.2) is 15.6 Å². The maximum absolute atomic E-state index is 12.5. The van der Waals surface area contributed by atoms with Crippen LogP contribution in [0.1, 0.15) is 11.3 Å². The topological polar surface area (TPSA) is 65.1 Å². The van der Waals surface area contributed by atoms with Gasteiger partial charge in [-0.05, 0) is 29.8 Å². The van der Waals surface area contributed by atoms with Gasteiger partial charge in [0.2, 0.25) is 0 Å². The number of aromatic nitrogens is 2. The summed E-state index contributed by atoms with van der Waals surface area (Å²) in [6, 6.07) is 14.9. The first-order valence-electron chi connectivity index (χ1n) is 8.04. The zero-order valence-corrected chi connectivity index (χ0v) is 13.7. The van der Waals surface area contributed by atoms with Crippen molar-refractivity contribution in [2.45, 2.75) is 12.8 Å². The Morgan fingerprint density at radius 2 is 1.88 bits per heavy atom. The number of carbonyl (C=O) groups excluding carboxylic acids is 1. The third-order valence-electron chi connectivity index (χ3n) is 4.32. The first-order valence-corrected chi connectivity index (χ1v) is 8.04. The standard InChI is InChI=1S/C20H16N2O3/c1-22-20(24)17-5-3-2-4-16(17)18(21-22)12-15(23)11-13-6-7-19-14(10-13)8-9-25-19/h2-10H,11-12H2,1H3. The third kappa shape index (κ3) is 2.85. The SMILES string of the molecule is Cn1nc(CC(=O)Cc2ccc3occc3c2)c2ccccc2c1=O. The first-order chi connectivity index (χ1) is 12.1. The van der Waals surface area contributed by atoms with Gasteiger partial charge in [0.05, 0.1) is 23.8 Å². The molecule has 5 nitrogen and oxygen atoms in total. The van der Waals surface area contributed by atoms with Crippen molar-refractivity contribution in [2.24, 2.45) is 7.05 Å². The maximum Gasteiger partial charge on any atom is 0.274 e. The minimum atomic E-state index is -0.155. The summed E-state index contributed by atoms with van der Waals surface area (Å²) in [5.41, 5.74) is 2.22. The molecule has 2 aromatic carbocycles. The van der Waals surface area contributed by atoms with E-state index < -0.39 is 0 Å². The summed E-state index contributed by atoms with van der Waals surface area (Å²) in [5, 5.41) is 6.60. The van der Waals surface area contributed by atoms with Gasteiger partial charge in [-0.25, -0.2) is 4.68 Å². The fourth-order valence-electron chi connectivity index (χ4n) is 3.11. The number of Topliss-reactive ketones (excluding diaryl/α,β-unsaturated/α-hetero) is 1. The quantitative estimate of drug-likeness (QED) is 0.576. The highest BCUT2D eigenvalue weighted by Gasteiger charge is 2.13. The van der Waals surface area contributed by atoms with E-state index in [1.54, 1.807) is 19.4 Å². The Bertz CT molecular complexity index is 1150. The van der Waals surface area contributed by atoms with Crippen LogP contribution in [-0.2, 0) is 24.7 Å². The predicted molar refractivity (Wildman–Crippen MR) is 95.6 cm³/mol. The summed E-state index contributed by atoms with van der Waals surface area (Å²) in [5.74, 6) is 0.0548. The van der Waals surface area contributed by atoms with Gasteiger partial charge in [0.1, 0.15) is 11.4 Å². The summed E-state index contributed by atoms with van der Waals surface area (Å²) in [6.07, 6.45) is 2.15. The molecule has 2 aromatic heterocycles. The molecular formula is C20H16N2O3. The Balaban J connectivity index is 1.63. The molecule has 0 aliphatic carbocycles. The molecule has 0 unspecified atom stereocenters. The molecule has 0 fully saturated rings. The fourth-order valence-corrected chi connectivity index (χ4v) is 3.11. The molecule has 0 aliphatic rings. The lowest BCUT2D eigenvalue weighted by Crippen LogP contribution is -2.22. The van der Waals surface area contributed by atoms with Gasteiger partial charge in [0.25, 0.3) is 5.56 Å². The lowest BCUT2D eigenvalue weighted by Gasteiger charge is -2.08. The summed E-state index contributed by atoms with van der Waals surface area (Å²) in [4.78, 5) is 24.7. The summed E-state index contributed by atoms with van der Waals surface area (Å²) >= 11 is 0. The molecular weight excluding hydrogens is 316 g/mol. The average Bonchev–Trinajstić information content (AvgIpc) is 3.07. The highest BCUT2D eigenvalue weighted by atomic mass is 16.3. The van der Waals surface area contributed by atoms with E-state index in [0.717, 1.165) is 21.9 Å². The van der Waals surface area contributed by atoms with Crippen molar-refractivity contribution < 1.29 is 9.21 Å². The second kappa shape index (κ2) is 6.02. The van der Waals surface area contributed by atoms with E-state index in [2.05, 4.69) is 5.10 Å². The number of aryl methyl sites for hydroxylation is 1. The number of carbonyl (C=O) groups is 1. The van der Waals surface area contributed by atoms with Crippen molar-refractivity contribution in [3.8, 4) is 0 Å². The normalized spacial score (nSPS) is 11.2. The van der Waals surface area contributed by atoms with Crippen LogP contribution in [0.2, 0.25) is 0 Å². The van der Waals surface area contributed by atoms with Gasteiger partial charge in [0.15, 0.2) is 0 Å². The molecule has 4 aromatic rings.